The number of aromatic nitrogens is 1. The summed E-state index contributed by atoms with van der Waals surface area (Å²) >= 11 is 6.06. The van der Waals surface area contributed by atoms with E-state index in [4.69, 9.17) is 11.6 Å². The molecule has 0 atom stereocenters. The first-order valence-corrected chi connectivity index (χ1v) is 7.11. The monoisotopic (exact) mass is 267 g/mol. The van der Waals surface area contributed by atoms with Crippen molar-refractivity contribution in [3.63, 3.8) is 0 Å². The summed E-state index contributed by atoms with van der Waals surface area (Å²) in [6.07, 6.45) is 7.45. The van der Waals surface area contributed by atoms with E-state index in [1.807, 2.05) is 6.07 Å². The maximum Gasteiger partial charge on any atom is 0.0634 e. The molecule has 1 saturated heterocycles. The van der Waals surface area contributed by atoms with Crippen molar-refractivity contribution in [2.75, 3.05) is 26.7 Å². The van der Waals surface area contributed by atoms with Crippen molar-refractivity contribution in [2.45, 2.75) is 25.8 Å². The lowest BCUT2D eigenvalue weighted by molar-refractivity contribution is 0.211. The Morgan fingerprint density at radius 2 is 2.22 bits per heavy atom. The predicted molar refractivity (Wildman–Crippen MR) is 75.8 cm³/mol. The van der Waals surface area contributed by atoms with Crippen LogP contribution in [0.1, 0.15) is 24.8 Å². The van der Waals surface area contributed by atoms with E-state index < -0.39 is 0 Å². The van der Waals surface area contributed by atoms with E-state index in [0.29, 0.717) is 0 Å². The minimum absolute atomic E-state index is 0.754. The number of hydrogen-bond acceptors (Lipinski definition) is 3. The van der Waals surface area contributed by atoms with Gasteiger partial charge in [-0.3, -0.25) is 4.98 Å². The van der Waals surface area contributed by atoms with E-state index in [1.165, 1.54) is 32.4 Å². The molecule has 0 bridgehead atoms. The molecule has 1 fully saturated rings. The van der Waals surface area contributed by atoms with Gasteiger partial charge in [-0.2, -0.15) is 0 Å². The first kappa shape index (κ1) is 13.8. The van der Waals surface area contributed by atoms with Crippen LogP contribution in [0.2, 0.25) is 5.02 Å². The Morgan fingerprint density at radius 1 is 1.44 bits per heavy atom. The van der Waals surface area contributed by atoms with Gasteiger partial charge in [-0.1, -0.05) is 11.6 Å². The average Bonchev–Trinajstić information content (AvgIpc) is 2.39. The van der Waals surface area contributed by atoms with Crippen molar-refractivity contribution in [3.05, 3.63) is 29.0 Å². The Balaban J connectivity index is 1.63. The van der Waals surface area contributed by atoms with Gasteiger partial charge in [-0.25, -0.2) is 0 Å². The van der Waals surface area contributed by atoms with Crippen molar-refractivity contribution >= 4 is 11.6 Å². The largest absolute Gasteiger partial charge is 0.313 e. The molecule has 4 heteroatoms. The fourth-order valence-corrected chi connectivity index (χ4v) is 2.61. The van der Waals surface area contributed by atoms with Gasteiger partial charge in [0.05, 0.1) is 5.02 Å². The summed E-state index contributed by atoms with van der Waals surface area (Å²) in [7, 11) is 2.21. The third-order valence-corrected chi connectivity index (χ3v) is 4.08. The van der Waals surface area contributed by atoms with Crippen LogP contribution in [-0.2, 0) is 6.54 Å². The topological polar surface area (TPSA) is 28.2 Å². The molecule has 0 aromatic carbocycles. The molecule has 0 unspecified atom stereocenters. The number of pyridine rings is 1. The number of likely N-dealkylation sites (tertiary alicyclic amines) is 1. The van der Waals surface area contributed by atoms with Crippen LogP contribution >= 0.6 is 11.6 Å². The van der Waals surface area contributed by atoms with E-state index in [-0.39, 0.29) is 0 Å². The van der Waals surface area contributed by atoms with Gasteiger partial charge in [-0.05, 0) is 63.5 Å². The lowest BCUT2D eigenvalue weighted by Crippen LogP contribution is -2.31. The average molecular weight is 268 g/mol. The first-order chi connectivity index (χ1) is 8.75. The summed E-state index contributed by atoms with van der Waals surface area (Å²) in [5.74, 6) is 0.890. The Labute approximate surface area is 115 Å². The third-order valence-electron chi connectivity index (χ3n) is 3.74. The minimum Gasteiger partial charge on any atom is -0.313 e. The molecule has 1 aliphatic heterocycles. The second-order valence-corrected chi connectivity index (χ2v) is 5.59. The van der Waals surface area contributed by atoms with Gasteiger partial charge in [0.2, 0.25) is 0 Å². The minimum atomic E-state index is 0.754. The second kappa shape index (κ2) is 7.07. The Morgan fingerprint density at radius 3 is 2.94 bits per heavy atom. The fraction of sp³-hybridized carbons (Fsp3) is 0.643. The Kier molecular flexibility index (Phi) is 5.42. The van der Waals surface area contributed by atoms with E-state index in [1.54, 1.807) is 12.4 Å². The first-order valence-electron chi connectivity index (χ1n) is 6.73. The zero-order valence-electron chi connectivity index (χ0n) is 11.0. The summed E-state index contributed by atoms with van der Waals surface area (Å²) < 4.78 is 0. The maximum absolute atomic E-state index is 6.06. The quantitative estimate of drug-likeness (QED) is 0.831. The fourth-order valence-electron chi connectivity index (χ4n) is 2.43. The van der Waals surface area contributed by atoms with Gasteiger partial charge in [-0.15, -0.1) is 0 Å². The van der Waals surface area contributed by atoms with Crippen LogP contribution in [0.4, 0.5) is 0 Å². The third kappa shape index (κ3) is 4.23. The number of nitrogens with one attached hydrogen (secondary N) is 1. The molecule has 1 aromatic rings. The van der Waals surface area contributed by atoms with E-state index in [0.717, 1.165) is 29.6 Å². The van der Waals surface area contributed by atoms with Crippen LogP contribution in [-0.4, -0.2) is 36.6 Å². The summed E-state index contributed by atoms with van der Waals surface area (Å²) in [4.78, 5) is 6.41. The molecular formula is C14H22ClN3. The standard InChI is InChI=1S/C14H22ClN3/c1-18-8-4-12(5-9-18)2-6-16-10-13-3-7-17-11-14(13)15/h3,7,11-12,16H,2,4-6,8-10H2,1H3. The van der Waals surface area contributed by atoms with Crippen molar-refractivity contribution in [1.29, 1.82) is 0 Å². The highest BCUT2D eigenvalue weighted by Gasteiger charge is 2.15. The number of halogens is 1. The highest BCUT2D eigenvalue weighted by molar-refractivity contribution is 6.31. The molecule has 0 radical (unpaired) electrons. The Hall–Kier alpha value is -0.640. The highest BCUT2D eigenvalue weighted by Crippen LogP contribution is 2.19. The molecular weight excluding hydrogens is 246 g/mol. The summed E-state index contributed by atoms with van der Waals surface area (Å²) in [6, 6.07) is 1.98. The molecule has 3 nitrogen and oxygen atoms in total. The van der Waals surface area contributed by atoms with Gasteiger partial charge in [0.25, 0.3) is 0 Å². The van der Waals surface area contributed by atoms with Gasteiger partial charge >= 0.3 is 0 Å². The SMILES string of the molecule is CN1CCC(CCNCc2ccncc2Cl)CC1. The maximum atomic E-state index is 6.06. The predicted octanol–water partition coefficient (Wildman–Crippen LogP) is 2.56. The summed E-state index contributed by atoms with van der Waals surface area (Å²) in [5, 5.41) is 4.23. The molecule has 1 N–H and O–H groups in total. The number of piperidine rings is 1. The molecule has 2 rings (SSSR count). The summed E-state index contributed by atoms with van der Waals surface area (Å²) in [6.45, 7) is 4.42. The van der Waals surface area contributed by atoms with Crippen molar-refractivity contribution in [1.82, 2.24) is 15.2 Å². The van der Waals surface area contributed by atoms with Crippen LogP contribution in [0.3, 0.4) is 0 Å². The molecule has 0 spiro atoms. The lowest BCUT2D eigenvalue weighted by Gasteiger charge is -2.28. The van der Waals surface area contributed by atoms with Crippen molar-refractivity contribution in [3.8, 4) is 0 Å². The summed E-state index contributed by atoms with van der Waals surface area (Å²) in [5.41, 5.74) is 1.13. The number of nitrogens with zero attached hydrogens (tertiary/aromatic N) is 2. The van der Waals surface area contributed by atoms with Gasteiger partial charge < -0.3 is 10.2 Å². The molecule has 100 valence electrons. The van der Waals surface area contributed by atoms with Crippen LogP contribution in [0, 0.1) is 5.92 Å². The second-order valence-electron chi connectivity index (χ2n) is 5.18. The van der Waals surface area contributed by atoms with Crippen LogP contribution < -0.4 is 5.32 Å². The number of hydrogen-bond donors (Lipinski definition) is 1. The molecule has 1 aliphatic rings. The van der Waals surface area contributed by atoms with Gasteiger partial charge in [0, 0.05) is 18.9 Å². The molecule has 2 heterocycles. The van der Waals surface area contributed by atoms with Gasteiger partial charge in [0.1, 0.15) is 0 Å². The molecule has 0 amide bonds. The zero-order chi connectivity index (χ0) is 12.8. The van der Waals surface area contributed by atoms with E-state index >= 15 is 0 Å². The highest BCUT2D eigenvalue weighted by atomic mass is 35.5. The van der Waals surface area contributed by atoms with Crippen molar-refractivity contribution < 1.29 is 0 Å². The number of rotatable bonds is 5. The molecule has 0 aliphatic carbocycles. The lowest BCUT2D eigenvalue weighted by atomic mass is 9.94. The van der Waals surface area contributed by atoms with Crippen LogP contribution in [0.15, 0.2) is 18.5 Å². The molecule has 18 heavy (non-hydrogen) atoms. The van der Waals surface area contributed by atoms with E-state index in [9.17, 15) is 0 Å². The smallest absolute Gasteiger partial charge is 0.0634 e. The molecule has 1 aromatic heterocycles. The zero-order valence-corrected chi connectivity index (χ0v) is 11.8. The van der Waals surface area contributed by atoms with E-state index in [2.05, 4.69) is 22.2 Å². The van der Waals surface area contributed by atoms with Crippen molar-refractivity contribution in [2.24, 2.45) is 5.92 Å². The van der Waals surface area contributed by atoms with Crippen LogP contribution in [0.25, 0.3) is 0 Å². The van der Waals surface area contributed by atoms with Gasteiger partial charge in [0.15, 0.2) is 0 Å². The molecule has 0 saturated carbocycles. The van der Waals surface area contributed by atoms with Crippen LogP contribution in [0.5, 0.6) is 0 Å². The Bertz CT molecular complexity index is 362. The normalized spacial score (nSPS) is 18.1.